The summed E-state index contributed by atoms with van der Waals surface area (Å²) in [6.45, 7) is 3.39. The number of hydrogen-bond acceptors (Lipinski definition) is 3. The maximum Gasteiger partial charge on any atom is 0.146 e. The molecule has 0 bridgehead atoms. The largest absolute Gasteiger partial charge is 0.380 e. The molecule has 3 heteroatoms. The predicted molar refractivity (Wildman–Crippen MR) is 92.7 cm³/mol. The van der Waals surface area contributed by atoms with Crippen LogP contribution in [0.25, 0.3) is 0 Å². The van der Waals surface area contributed by atoms with Crippen molar-refractivity contribution < 1.29 is 14.6 Å². The molecule has 0 aromatic heterocycles. The smallest absolute Gasteiger partial charge is 0.146 e. The number of hydrogen-bond donors (Lipinski definition) is 1. The van der Waals surface area contributed by atoms with E-state index in [2.05, 4.69) is 18.8 Å². The van der Waals surface area contributed by atoms with Gasteiger partial charge in [-0.1, -0.05) is 57.8 Å². The molecular weight excluding hydrogens is 276 g/mol. The summed E-state index contributed by atoms with van der Waals surface area (Å²) in [5.41, 5.74) is 0. The molecule has 0 unspecified atom stereocenters. The van der Waals surface area contributed by atoms with Crippen LogP contribution in [-0.4, -0.2) is 31.7 Å². The van der Waals surface area contributed by atoms with Gasteiger partial charge in [-0.25, -0.2) is 0 Å². The second-order valence-electron chi connectivity index (χ2n) is 5.87. The zero-order valence-corrected chi connectivity index (χ0v) is 14.7. The molecule has 0 radical (unpaired) electrons. The molecule has 1 N–H and O–H groups in total. The monoisotopic (exact) mass is 312 g/mol. The molecule has 22 heavy (non-hydrogen) atoms. The first kappa shape index (κ1) is 21.4. The molecule has 0 aliphatic carbocycles. The third-order valence-corrected chi connectivity index (χ3v) is 3.64. The number of aliphatic hydroxyl groups is 1. The summed E-state index contributed by atoms with van der Waals surface area (Å²) in [7, 11) is 1.65. The second-order valence-corrected chi connectivity index (χ2v) is 5.87. The summed E-state index contributed by atoms with van der Waals surface area (Å²) >= 11 is 0. The third kappa shape index (κ3) is 17.5. The van der Waals surface area contributed by atoms with Crippen molar-refractivity contribution in [2.75, 3.05) is 20.5 Å². The molecule has 0 aromatic carbocycles. The first-order valence-electron chi connectivity index (χ1n) is 9.04. The molecule has 0 fully saturated rings. The Morgan fingerprint density at radius 3 is 2.27 bits per heavy atom. The van der Waals surface area contributed by atoms with Crippen LogP contribution in [0.1, 0.15) is 84.0 Å². The van der Waals surface area contributed by atoms with Crippen LogP contribution in [0.5, 0.6) is 0 Å². The second kappa shape index (κ2) is 18.5. The predicted octanol–water partition coefficient (Wildman–Crippen LogP) is 4.67. The number of methoxy groups -OCH3 is 1. The van der Waals surface area contributed by atoms with E-state index in [1.807, 2.05) is 0 Å². The quantitative estimate of drug-likeness (QED) is 0.271. The van der Waals surface area contributed by atoms with Crippen LogP contribution in [0.15, 0.2) is 0 Å². The highest BCUT2D eigenvalue weighted by Crippen LogP contribution is 2.08. The first-order chi connectivity index (χ1) is 10.8. The molecule has 3 nitrogen and oxygen atoms in total. The van der Waals surface area contributed by atoms with Gasteiger partial charge in [0.05, 0.1) is 0 Å². The summed E-state index contributed by atoms with van der Waals surface area (Å²) in [5, 5.41) is 9.66. The van der Waals surface area contributed by atoms with E-state index in [0.717, 1.165) is 38.7 Å². The van der Waals surface area contributed by atoms with Crippen LogP contribution in [-0.2, 0) is 9.47 Å². The Bertz CT molecular complexity index is 268. The molecule has 0 saturated carbocycles. The first-order valence-corrected chi connectivity index (χ1v) is 9.04. The Morgan fingerprint density at radius 2 is 1.59 bits per heavy atom. The van der Waals surface area contributed by atoms with E-state index < -0.39 is 6.10 Å². The van der Waals surface area contributed by atoms with E-state index >= 15 is 0 Å². The molecule has 0 heterocycles. The highest BCUT2D eigenvalue weighted by Gasteiger charge is 1.97. The molecule has 0 aliphatic heterocycles. The molecule has 0 aromatic rings. The van der Waals surface area contributed by atoms with Crippen LogP contribution in [0.4, 0.5) is 0 Å². The lowest BCUT2D eigenvalue weighted by molar-refractivity contribution is -0.0315. The maximum atomic E-state index is 9.66. The molecule has 130 valence electrons. The maximum absolute atomic E-state index is 9.66. The van der Waals surface area contributed by atoms with Gasteiger partial charge in [0.2, 0.25) is 0 Å². The Labute approximate surface area is 137 Å². The SMILES string of the molecule is CCCCC[C@H](O)C#CCCCCCCCCCOCOC. The van der Waals surface area contributed by atoms with E-state index in [4.69, 9.17) is 9.47 Å². The summed E-state index contributed by atoms with van der Waals surface area (Å²) in [5.74, 6) is 6.07. The average Bonchev–Trinajstić information content (AvgIpc) is 2.52. The summed E-state index contributed by atoms with van der Waals surface area (Å²) in [6.07, 6.45) is 13.5. The zero-order chi connectivity index (χ0) is 16.3. The molecule has 0 aliphatic rings. The highest BCUT2D eigenvalue weighted by atomic mass is 16.7. The van der Waals surface area contributed by atoms with E-state index in [9.17, 15) is 5.11 Å². The standard InChI is InChI=1S/C19H36O3/c1-3-4-12-15-19(20)16-13-10-8-6-5-7-9-11-14-17-22-18-21-2/h19-20H,3-12,14-15,17-18H2,1-2H3/t19-/m0/s1. The van der Waals surface area contributed by atoms with Gasteiger partial charge in [0.15, 0.2) is 0 Å². The summed E-state index contributed by atoms with van der Waals surface area (Å²) in [6, 6.07) is 0. The Hall–Kier alpha value is -0.560. The van der Waals surface area contributed by atoms with Gasteiger partial charge >= 0.3 is 0 Å². The number of rotatable bonds is 15. The molecule has 0 spiro atoms. The molecule has 0 saturated heterocycles. The zero-order valence-electron chi connectivity index (χ0n) is 14.7. The minimum absolute atomic E-state index is 0.410. The summed E-state index contributed by atoms with van der Waals surface area (Å²) in [4.78, 5) is 0. The number of aliphatic hydroxyl groups excluding tert-OH is 1. The average molecular weight is 312 g/mol. The fourth-order valence-corrected chi connectivity index (χ4v) is 2.29. The fraction of sp³-hybridized carbons (Fsp3) is 0.895. The van der Waals surface area contributed by atoms with E-state index in [-0.39, 0.29) is 0 Å². The van der Waals surface area contributed by atoms with Gasteiger partial charge in [0, 0.05) is 20.1 Å². The van der Waals surface area contributed by atoms with Gasteiger partial charge in [-0.15, -0.1) is 5.92 Å². The lowest BCUT2D eigenvalue weighted by Crippen LogP contribution is -2.01. The van der Waals surface area contributed by atoms with E-state index in [1.54, 1.807) is 7.11 Å². The van der Waals surface area contributed by atoms with Crippen molar-refractivity contribution in [3.05, 3.63) is 0 Å². The van der Waals surface area contributed by atoms with Crippen LogP contribution in [0.3, 0.4) is 0 Å². The van der Waals surface area contributed by atoms with Gasteiger partial charge in [0.25, 0.3) is 0 Å². The van der Waals surface area contributed by atoms with Crippen LogP contribution in [0.2, 0.25) is 0 Å². The van der Waals surface area contributed by atoms with Gasteiger partial charge in [-0.2, -0.15) is 0 Å². The normalized spacial score (nSPS) is 12.0. The van der Waals surface area contributed by atoms with E-state index in [1.165, 1.54) is 44.9 Å². The summed E-state index contributed by atoms with van der Waals surface area (Å²) < 4.78 is 10.1. The van der Waals surface area contributed by atoms with Crippen LogP contribution in [0, 0.1) is 11.8 Å². The molecule has 1 atom stereocenters. The van der Waals surface area contributed by atoms with Crippen LogP contribution >= 0.6 is 0 Å². The lowest BCUT2D eigenvalue weighted by atomic mass is 10.1. The van der Waals surface area contributed by atoms with Crippen LogP contribution < -0.4 is 0 Å². The number of unbranched alkanes of at least 4 members (excludes halogenated alkanes) is 9. The van der Waals surface area contributed by atoms with Gasteiger partial charge in [-0.05, 0) is 25.7 Å². The molecule has 0 rings (SSSR count). The van der Waals surface area contributed by atoms with Crippen molar-refractivity contribution in [2.24, 2.45) is 0 Å². The lowest BCUT2D eigenvalue weighted by Gasteiger charge is -2.03. The number of ether oxygens (including phenoxy) is 2. The van der Waals surface area contributed by atoms with Gasteiger partial charge in [-0.3, -0.25) is 0 Å². The molecular formula is C19H36O3. The van der Waals surface area contributed by atoms with Crippen molar-refractivity contribution in [3.8, 4) is 11.8 Å². The van der Waals surface area contributed by atoms with E-state index in [0.29, 0.717) is 6.79 Å². The van der Waals surface area contributed by atoms with Gasteiger partial charge in [0.1, 0.15) is 12.9 Å². The Balaban J connectivity index is 3.20. The Morgan fingerprint density at radius 1 is 0.909 bits per heavy atom. The fourth-order valence-electron chi connectivity index (χ4n) is 2.29. The van der Waals surface area contributed by atoms with Crippen molar-refractivity contribution in [2.45, 2.75) is 90.1 Å². The van der Waals surface area contributed by atoms with Crippen molar-refractivity contribution in [1.29, 1.82) is 0 Å². The van der Waals surface area contributed by atoms with Crippen molar-refractivity contribution >= 4 is 0 Å². The van der Waals surface area contributed by atoms with Crippen molar-refractivity contribution in [3.63, 3.8) is 0 Å². The third-order valence-electron chi connectivity index (χ3n) is 3.64. The van der Waals surface area contributed by atoms with Gasteiger partial charge < -0.3 is 14.6 Å². The minimum atomic E-state index is -0.410. The molecule has 0 amide bonds. The Kier molecular flexibility index (Phi) is 18.0. The minimum Gasteiger partial charge on any atom is -0.380 e. The van der Waals surface area contributed by atoms with Crippen molar-refractivity contribution in [1.82, 2.24) is 0 Å². The highest BCUT2D eigenvalue weighted by molar-refractivity contribution is 5.04. The topological polar surface area (TPSA) is 38.7 Å².